The van der Waals surface area contributed by atoms with Crippen LogP contribution in [0.3, 0.4) is 0 Å². The molecule has 2 heterocycles. The molecule has 1 aliphatic heterocycles. The van der Waals surface area contributed by atoms with Gasteiger partial charge in [-0.25, -0.2) is 4.98 Å². The smallest absolute Gasteiger partial charge is 0.421 e. The van der Waals surface area contributed by atoms with Crippen molar-refractivity contribution >= 4 is 52.3 Å². The number of nitrogens with one attached hydrogen (secondary N) is 2. The van der Waals surface area contributed by atoms with E-state index in [9.17, 15) is 18.0 Å². The summed E-state index contributed by atoms with van der Waals surface area (Å²) >= 11 is 6.33. The maximum Gasteiger partial charge on any atom is 0.421 e. The lowest BCUT2D eigenvalue weighted by Gasteiger charge is -2.34. The van der Waals surface area contributed by atoms with Crippen LogP contribution in [0.25, 0.3) is 6.08 Å². The van der Waals surface area contributed by atoms with Crippen molar-refractivity contribution in [3.63, 3.8) is 0 Å². The van der Waals surface area contributed by atoms with Crippen LogP contribution in [0, 0.1) is 0 Å². The van der Waals surface area contributed by atoms with Gasteiger partial charge in [0.2, 0.25) is 11.8 Å². The van der Waals surface area contributed by atoms with Gasteiger partial charge in [0.1, 0.15) is 22.1 Å². The van der Waals surface area contributed by atoms with Crippen molar-refractivity contribution in [3.05, 3.63) is 89.1 Å². The zero-order valence-corrected chi connectivity index (χ0v) is 27.6. The molecular weight excluding hydrogens is 647 g/mol. The molecule has 48 heavy (non-hydrogen) atoms. The molecule has 0 bridgehead atoms. The van der Waals surface area contributed by atoms with Crippen LogP contribution in [0.5, 0.6) is 17.4 Å². The van der Waals surface area contributed by atoms with Gasteiger partial charge in [0, 0.05) is 69.5 Å². The Balaban J connectivity index is 1.30. The van der Waals surface area contributed by atoms with Gasteiger partial charge in [-0.15, -0.1) is 0 Å². The van der Waals surface area contributed by atoms with Gasteiger partial charge in [0.15, 0.2) is 0 Å². The fourth-order valence-electron chi connectivity index (χ4n) is 4.91. The number of likely N-dealkylation sites (N-methyl/N-ethyl adjacent to an activating group) is 1. The third kappa shape index (κ3) is 8.66. The average Bonchev–Trinajstić information content (AvgIpc) is 3.05. The number of rotatable bonds is 10. The first-order chi connectivity index (χ1) is 22.9. The van der Waals surface area contributed by atoms with Gasteiger partial charge in [0.05, 0.1) is 19.0 Å². The third-order valence-corrected chi connectivity index (χ3v) is 7.85. The van der Waals surface area contributed by atoms with E-state index < -0.39 is 17.7 Å². The van der Waals surface area contributed by atoms with E-state index in [4.69, 9.17) is 21.1 Å². The van der Waals surface area contributed by atoms with Crippen LogP contribution in [0.2, 0.25) is 5.02 Å². The summed E-state index contributed by atoms with van der Waals surface area (Å²) in [4.78, 5) is 27.8. The molecule has 14 heteroatoms. The molecule has 5 rings (SSSR count). The number of ether oxygens (including phenoxy) is 2. The summed E-state index contributed by atoms with van der Waals surface area (Å²) in [6, 6.07) is 18.0. The zero-order valence-electron chi connectivity index (χ0n) is 26.8. The summed E-state index contributed by atoms with van der Waals surface area (Å²) in [5, 5.41) is 5.53. The predicted octanol–water partition coefficient (Wildman–Crippen LogP) is 7.08. The van der Waals surface area contributed by atoms with Crippen molar-refractivity contribution in [2.24, 2.45) is 0 Å². The molecule has 0 radical (unpaired) electrons. The summed E-state index contributed by atoms with van der Waals surface area (Å²) in [7, 11) is 7.31. The van der Waals surface area contributed by atoms with Crippen molar-refractivity contribution in [3.8, 4) is 17.4 Å². The highest BCUT2D eigenvalue weighted by Crippen LogP contribution is 2.35. The van der Waals surface area contributed by atoms with Crippen LogP contribution >= 0.6 is 11.6 Å². The first-order valence-electron chi connectivity index (χ1n) is 15.0. The normalized spacial score (nSPS) is 14.0. The summed E-state index contributed by atoms with van der Waals surface area (Å²) in [6.45, 7) is 3.75. The lowest BCUT2D eigenvalue weighted by atomic mass is 10.1. The van der Waals surface area contributed by atoms with E-state index in [1.54, 1.807) is 25.3 Å². The van der Waals surface area contributed by atoms with Gasteiger partial charge < -0.3 is 34.8 Å². The second kappa shape index (κ2) is 14.8. The Morgan fingerprint density at radius 2 is 1.75 bits per heavy atom. The molecule has 1 fully saturated rings. The second-order valence-corrected chi connectivity index (χ2v) is 11.7. The topological polar surface area (TPSA) is 95.1 Å². The van der Waals surface area contributed by atoms with Crippen LogP contribution in [0.15, 0.2) is 78.5 Å². The van der Waals surface area contributed by atoms with Crippen molar-refractivity contribution in [2.45, 2.75) is 6.18 Å². The summed E-state index contributed by atoms with van der Waals surface area (Å²) in [5.41, 5.74) is 1.41. The lowest BCUT2D eigenvalue weighted by molar-refractivity contribution is -0.126. The molecule has 252 valence electrons. The minimum Gasteiger partial charge on any atom is -0.494 e. The third-order valence-electron chi connectivity index (χ3n) is 7.59. The SMILES string of the molecule is COc1cc(N2CCN(C)CC2)ccc1Nc1ncc(Cl)c(Oc2cccc(NC(=O)/C(=C/c3ccc(N(C)C)cc3)C(F)(F)F)c2)n1. The largest absolute Gasteiger partial charge is 0.494 e. The molecule has 0 unspecified atom stereocenters. The number of methoxy groups -OCH3 is 1. The van der Waals surface area contributed by atoms with Gasteiger partial charge in [0.25, 0.3) is 5.91 Å². The Bertz CT molecular complexity index is 1780. The fourth-order valence-corrected chi connectivity index (χ4v) is 5.04. The molecule has 0 atom stereocenters. The van der Waals surface area contributed by atoms with E-state index in [2.05, 4.69) is 37.4 Å². The Hall–Kier alpha value is -5.01. The van der Waals surface area contributed by atoms with Crippen LogP contribution < -0.4 is 29.9 Å². The molecule has 0 saturated carbocycles. The number of halogens is 4. The van der Waals surface area contributed by atoms with Crippen LogP contribution in [-0.4, -0.2) is 81.4 Å². The highest BCUT2D eigenvalue weighted by molar-refractivity contribution is 6.31. The Kier molecular flexibility index (Phi) is 10.6. The van der Waals surface area contributed by atoms with Crippen molar-refractivity contribution in [2.75, 3.05) is 74.9 Å². The summed E-state index contributed by atoms with van der Waals surface area (Å²) < 4.78 is 53.3. The second-order valence-electron chi connectivity index (χ2n) is 11.3. The van der Waals surface area contributed by atoms with E-state index in [1.807, 2.05) is 37.2 Å². The number of benzene rings is 3. The molecule has 10 nitrogen and oxygen atoms in total. The van der Waals surface area contributed by atoms with Gasteiger partial charge in [-0.2, -0.15) is 18.2 Å². The zero-order chi connectivity index (χ0) is 34.4. The molecule has 3 aromatic carbocycles. The lowest BCUT2D eigenvalue weighted by Crippen LogP contribution is -2.44. The predicted molar refractivity (Wildman–Crippen MR) is 183 cm³/mol. The number of hydrogen-bond donors (Lipinski definition) is 2. The van der Waals surface area contributed by atoms with E-state index >= 15 is 0 Å². The maximum atomic E-state index is 13.9. The first-order valence-corrected chi connectivity index (χ1v) is 15.3. The molecule has 1 aliphatic rings. The minimum atomic E-state index is -4.90. The minimum absolute atomic E-state index is 0.0114. The molecule has 1 amide bonds. The molecule has 0 spiro atoms. The van der Waals surface area contributed by atoms with E-state index in [-0.39, 0.29) is 33.9 Å². The molecule has 0 aliphatic carbocycles. The number of piperazine rings is 1. The monoisotopic (exact) mass is 681 g/mol. The molecule has 1 aromatic heterocycles. The van der Waals surface area contributed by atoms with Crippen LogP contribution in [-0.2, 0) is 4.79 Å². The van der Waals surface area contributed by atoms with Crippen LogP contribution in [0.1, 0.15) is 5.56 Å². The van der Waals surface area contributed by atoms with Gasteiger partial charge in [-0.1, -0.05) is 29.8 Å². The molecule has 4 aromatic rings. The number of alkyl halides is 3. The van der Waals surface area contributed by atoms with Crippen LogP contribution in [0.4, 0.5) is 41.9 Å². The van der Waals surface area contributed by atoms with Crippen molar-refractivity contribution < 1.29 is 27.4 Å². The quantitative estimate of drug-likeness (QED) is 0.170. The van der Waals surface area contributed by atoms with Gasteiger partial charge in [-0.3, -0.25) is 4.79 Å². The Morgan fingerprint density at radius 3 is 2.42 bits per heavy atom. The molecular formula is C34H35ClF3N7O3. The fraction of sp³-hybridized carbons (Fsp3) is 0.265. The number of carbonyl (C=O) groups excluding carboxylic acids is 1. The Labute approximate surface area is 281 Å². The standard InChI is InChI=1S/C34H35ClF3N7O3/c1-43(2)24-10-8-22(9-11-24)18-27(34(36,37)38)31(46)40-23-6-5-7-26(19-23)48-32-28(35)21-39-33(42-32)41-29-13-12-25(20-30(29)47-4)45-16-14-44(3)15-17-45/h5-13,18-21H,14-17H2,1-4H3,(H,40,46)(H,39,41,42)/b27-18-. The number of anilines is 5. The Morgan fingerprint density at radius 1 is 1.02 bits per heavy atom. The summed E-state index contributed by atoms with van der Waals surface area (Å²) in [6.07, 6.45) is -2.74. The van der Waals surface area contributed by atoms with E-state index in [1.165, 1.54) is 36.5 Å². The highest BCUT2D eigenvalue weighted by atomic mass is 35.5. The number of amides is 1. The number of hydrogen-bond acceptors (Lipinski definition) is 9. The van der Waals surface area contributed by atoms with Crippen molar-refractivity contribution in [1.29, 1.82) is 0 Å². The molecule has 2 N–H and O–H groups in total. The highest BCUT2D eigenvalue weighted by Gasteiger charge is 2.38. The number of nitrogens with zero attached hydrogens (tertiary/aromatic N) is 5. The van der Waals surface area contributed by atoms with E-state index in [0.29, 0.717) is 11.4 Å². The first kappa shape index (κ1) is 34.3. The maximum absolute atomic E-state index is 13.9. The van der Waals surface area contributed by atoms with Gasteiger partial charge in [-0.05, 0) is 55.1 Å². The summed E-state index contributed by atoms with van der Waals surface area (Å²) in [5.74, 6) is -0.403. The average molecular weight is 682 g/mol. The molecule has 1 saturated heterocycles. The van der Waals surface area contributed by atoms with Crippen molar-refractivity contribution in [1.82, 2.24) is 14.9 Å². The van der Waals surface area contributed by atoms with E-state index in [0.717, 1.165) is 43.6 Å². The number of aromatic nitrogens is 2. The number of carbonyl (C=O) groups is 1. The van der Waals surface area contributed by atoms with Gasteiger partial charge >= 0.3 is 6.18 Å².